The van der Waals surface area contributed by atoms with E-state index >= 15 is 0 Å². The summed E-state index contributed by atoms with van der Waals surface area (Å²) in [5, 5.41) is 1.16. The molecule has 0 fully saturated rings. The van der Waals surface area contributed by atoms with Crippen LogP contribution in [0.15, 0.2) is 58.1 Å². The van der Waals surface area contributed by atoms with Gasteiger partial charge in [-0.05, 0) is 44.0 Å². The average molecular weight is 464 g/mol. The number of fused-ring (bicyclic) bond motifs is 3. The molecular weight excluding hydrogens is 438 g/mol. The third kappa shape index (κ3) is 3.20. The van der Waals surface area contributed by atoms with Gasteiger partial charge in [0, 0.05) is 19.1 Å². The van der Waals surface area contributed by atoms with Crippen LogP contribution >= 0.6 is 11.6 Å². The molecule has 3 heterocycles. The van der Waals surface area contributed by atoms with Crippen molar-refractivity contribution in [3.8, 4) is 11.3 Å². The molecular formula is C26H26ClN3O3. The van der Waals surface area contributed by atoms with Crippen molar-refractivity contribution in [2.45, 2.75) is 32.4 Å². The van der Waals surface area contributed by atoms with Crippen LogP contribution < -0.4 is 11.2 Å². The van der Waals surface area contributed by atoms with Crippen molar-refractivity contribution >= 4 is 22.5 Å². The minimum absolute atomic E-state index is 0.309. The number of aryl methyl sites for hydroxylation is 2. The topological polar surface area (TPSA) is 58.2 Å². The fourth-order valence-electron chi connectivity index (χ4n) is 4.87. The standard InChI is InChI=1S/C26H26ClN3O3/c1-15-6-8-16(9-7-15)20-19-21(28(4)25(32)29(5)24(19)31)22-23(17-10-12-18(27)13-11-17)33-14-26(2,3)30(20)22/h6-13,23H,14H2,1-5H3/t23-/m0/s1. The summed E-state index contributed by atoms with van der Waals surface area (Å²) < 4.78 is 11.3. The van der Waals surface area contributed by atoms with Crippen molar-refractivity contribution in [1.82, 2.24) is 13.7 Å². The van der Waals surface area contributed by atoms with E-state index in [9.17, 15) is 9.59 Å². The highest BCUT2D eigenvalue weighted by Gasteiger charge is 2.40. The first-order valence-electron chi connectivity index (χ1n) is 10.9. The predicted octanol–water partition coefficient (Wildman–Crippen LogP) is 4.52. The Bertz CT molecular complexity index is 1510. The van der Waals surface area contributed by atoms with E-state index in [1.165, 1.54) is 11.6 Å². The highest BCUT2D eigenvalue weighted by molar-refractivity contribution is 6.30. The highest BCUT2D eigenvalue weighted by atomic mass is 35.5. The fourth-order valence-corrected chi connectivity index (χ4v) is 5.00. The molecule has 0 amide bonds. The lowest BCUT2D eigenvalue weighted by Crippen LogP contribution is -2.40. The lowest BCUT2D eigenvalue weighted by atomic mass is 9.98. The zero-order chi connectivity index (χ0) is 23.7. The first-order valence-corrected chi connectivity index (χ1v) is 11.3. The molecule has 0 N–H and O–H groups in total. The fraction of sp³-hybridized carbons (Fsp3) is 0.308. The Morgan fingerprint density at radius 1 is 0.970 bits per heavy atom. The van der Waals surface area contributed by atoms with Crippen LogP contribution in [0.5, 0.6) is 0 Å². The molecule has 1 aliphatic heterocycles. The molecule has 2 aromatic carbocycles. The van der Waals surface area contributed by atoms with Crippen molar-refractivity contribution < 1.29 is 4.74 Å². The molecule has 5 rings (SSSR count). The summed E-state index contributed by atoms with van der Waals surface area (Å²) in [6.45, 7) is 6.66. The summed E-state index contributed by atoms with van der Waals surface area (Å²) in [4.78, 5) is 26.5. The minimum Gasteiger partial charge on any atom is -0.365 e. The van der Waals surface area contributed by atoms with E-state index in [2.05, 4.69) is 18.4 Å². The Balaban J connectivity index is 2.00. The van der Waals surface area contributed by atoms with Gasteiger partial charge in [-0.25, -0.2) is 4.79 Å². The van der Waals surface area contributed by atoms with Gasteiger partial charge < -0.3 is 9.30 Å². The van der Waals surface area contributed by atoms with Crippen molar-refractivity contribution in [2.24, 2.45) is 14.1 Å². The molecule has 0 aliphatic carbocycles. The summed E-state index contributed by atoms with van der Waals surface area (Å²) in [5.74, 6) is 0. The molecule has 33 heavy (non-hydrogen) atoms. The molecule has 1 atom stereocenters. The smallest absolute Gasteiger partial charge is 0.331 e. The summed E-state index contributed by atoms with van der Waals surface area (Å²) in [6, 6.07) is 15.7. The zero-order valence-corrected chi connectivity index (χ0v) is 20.1. The van der Waals surface area contributed by atoms with Crippen molar-refractivity contribution in [3.05, 3.63) is 91.2 Å². The van der Waals surface area contributed by atoms with Crippen LogP contribution in [0.2, 0.25) is 5.02 Å². The van der Waals surface area contributed by atoms with Crippen LogP contribution in [0, 0.1) is 6.92 Å². The quantitative estimate of drug-likeness (QED) is 0.439. The second-order valence-corrected chi connectivity index (χ2v) is 9.86. The van der Waals surface area contributed by atoms with Crippen LogP contribution in [0.25, 0.3) is 22.2 Å². The van der Waals surface area contributed by atoms with E-state index in [0.29, 0.717) is 22.5 Å². The van der Waals surface area contributed by atoms with Gasteiger partial charge in [0.15, 0.2) is 0 Å². The number of ether oxygens (including phenoxy) is 1. The van der Waals surface area contributed by atoms with E-state index < -0.39 is 11.6 Å². The Labute approximate surface area is 196 Å². The van der Waals surface area contributed by atoms with Gasteiger partial charge in [0.05, 0.1) is 34.4 Å². The number of aromatic nitrogens is 3. The zero-order valence-electron chi connectivity index (χ0n) is 19.3. The lowest BCUT2D eigenvalue weighted by Gasteiger charge is -2.39. The summed E-state index contributed by atoms with van der Waals surface area (Å²) in [5.41, 5.74) is 4.07. The number of rotatable bonds is 2. The molecule has 4 aromatic rings. The van der Waals surface area contributed by atoms with Gasteiger partial charge in [0.1, 0.15) is 6.10 Å². The number of halogens is 1. The van der Waals surface area contributed by atoms with Gasteiger partial charge >= 0.3 is 5.69 Å². The first-order chi connectivity index (χ1) is 15.6. The third-order valence-corrected chi connectivity index (χ3v) is 6.82. The number of nitrogens with zero attached hydrogens (tertiary/aromatic N) is 3. The van der Waals surface area contributed by atoms with E-state index in [-0.39, 0.29) is 11.2 Å². The molecule has 2 aromatic heterocycles. The molecule has 0 saturated carbocycles. The Morgan fingerprint density at radius 2 is 1.61 bits per heavy atom. The normalized spacial score (nSPS) is 17.3. The first kappa shape index (κ1) is 21.7. The maximum atomic E-state index is 13.6. The number of benzene rings is 2. The van der Waals surface area contributed by atoms with Crippen LogP contribution in [0.1, 0.15) is 36.8 Å². The summed E-state index contributed by atoms with van der Waals surface area (Å²) >= 11 is 6.14. The summed E-state index contributed by atoms with van der Waals surface area (Å²) in [6.07, 6.45) is -0.449. The molecule has 1 aliphatic rings. The Hall–Kier alpha value is -3.09. The molecule has 6 nitrogen and oxygen atoms in total. The minimum atomic E-state index is -0.449. The van der Waals surface area contributed by atoms with Gasteiger partial charge in [-0.15, -0.1) is 0 Å². The third-order valence-electron chi connectivity index (χ3n) is 6.56. The molecule has 0 bridgehead atoms. The molecule has 0 unspecified atom stereocenters. The highest BCUT2D eigenvalue weighted by Crippen LogP contribution is 2.45. The number of hydrogen-bond donors (Lipinski definition) is 0. The van der Waals surface area contributed by atoms with Crippen LogP contribution in [0.4, 0.5) is 0 Å². The Morgan fingerprint density at radius 3 is 2.24 bits per heavy atom. The lowest BCUT2D eigenvalue weighted by molar-refractivity contribution is -0.00707. The van der Waals surface area contributed by atoms with Crippen molar-refractivity contribution in [2.75, 3.05) is 6.61 Å². The second kappa shape index (κ2) is 7.47. The van der Waals surface area contributed by atoms with Gasteiger partial charge in [0.25, 0.3) is 5.56 Å². The monoisotopic (exact) mass is 463 g/mol. The van der Waals surface area contributed by atoms with E-state index in [0.717, 1.165) is 28.1 Å². The molecule has 0 saturated heterocycles. The van der Waals surface area contributed by atoms with E-state index in [1.54, 1.807) is 11.6 Å². The van der Waals surface area contributed by atoms with Gasteiger partial charge in [-0.2, -0.15) is 0 Å². The maximum Gasteiger partial charge on any atom is 0.331 e. The number of hydrogen-bond acceptors (Lipinski definition) is 3. The Kier molecular flexibility index (Phi) is 4.92. The van der Waals surface area contributed by atoms with Gasteiger partial charge in [0.2, 0.25) is 0 Å². The van der Waals surface area contributed by atoms with Crippen LogP contribution in [-0.2, 0) is 24.4 Å². The molecule has 0 spiro atoms. The van der Waals surface area contributed by atoms with Gasteiger partial charge in [-0.3, -0.25) is 13.9 Å². The SMILES string of the molecule is Cc1ccc(-c2c3c(=O)n(C)c(=O)n(C)c3c3n2C(C)(C)CO[C@H]3c2ccc(Cl)cc2)cc1. The second-order valence-electron chi connectivity index (χ2n) is 9.42. The molecule has 170 valence electrons. The van der Waals surface area contributed by atoms with Crippen LogP contribution in [-0.4, -0.2) is 20.3 Å². The van der Waals surface area contributed by atoms with Gasteiger partial charge in [-0.1, -0.05) is 53.6 Å². The van der Waals surface area contributed by atoms with E-state index in [4.69, 9.17) is 16.3 Å². The van der Waals surface area contributed by atoms with Crippen molar-refractivity contribution in [3.63, 3.8) is 0 Å². The largest absolute Gasteiger partial charge is 0.365 e. The summed E-state index contributed by atoms with van der Waals surface area (Å²) in [7, 11) is 3.24. The average Bonchev–Trinajstić information content (AvgIpc) is 3.15. The van der Waals surface area contributed by atoms with Crippen molar-refractivity contribution in [1.29, 1.82) is 0 Å². The van der Waals surface area contributed by atoms with E-state index in [1.807, 2.05) is 55.5 Å². The molecule has 7 heteroatoms. The maximum absolute atomic E-state index is 13.6. The predicted molar refractivity (Wildman–Crippen MR) is 131 cm³/mol. The molecule has 0 radical (unpaired) electrons. The van der Waals surface area contributed by atoms with Crippen LogP contribution in [0.3, 0.4) is 0 Å².